The molecule has 1 amide bonds. The standard InChI is InChI=1S/C31H48N2O6/c1-21(2)23(16-22-12-13-28(38-7)29(17-22)39-15-9-14-36-5)18-26(32)27(34)20-33-30(35)31(3,4)24-10-8-11-25(19-24)37-6/h8,10-13,17,19,21,23,26-27,34H,9,14-16,18,20,32H2,1-7H3,(H,33,35). The van der Waals surface area contributed by atoms with Crippen LogP contribution < -0.4 is 25.3 Å². The smallest absolute Gasteiger partial charge is 0.230 e. The third-order valence-corrected chi connectivity index (χ3v) is 7.32. The Bertz CT molecular complexity index is 1030. The maximum absolute atomic E-state index is 13.0. The molecule has 2 aromatic rings. The van der Waals surface area contributed by atoms with Crippen LogP contribution in [0.25, 0.3) is 0 Å². The highest BCUT2D eigenvalue weighted by Gasteiger charge is 2.31. The van der Waals surface area contributed by atoms with Crippen molar-refractivity contribution in [1.82, 2.24) is 5.32 Å². The molecule has 4 N–H and O–H groups in total. The predicted octanol–water partition coefficient (Wildman–Crippen LogP) is 4.11. The van der Waals surface area contributed by atoms with Crippen molar-refractivity contribution in [3.8, 4) is 17.2 Å². The van der Waals surface area contributed by atoms with Gasteiger partial charge in [0.15, 0.2) is 11.5 Å². The minimum Gasteiger partial charge on any atom is -0.497 e. The van der Waals surface area contributed by atoms with Gasteiger partial charge in [-0.05, 0) is 73.9 Å². The molecule has 0 saturated heterocycles. The van der Waals surface area contributed by atoms with Gasteiger partial charge in [0.1, 0.15) is 5.75 Å². The molecule has 0 spiro atoms. The fourth-order valence-corrected chi connectivity index (χ4v) is 4.46. The second kappa shape index (κ2) is 15.7. The van der Waals surface area contributed by atoms with E-state index in [2.05, 4.69) is 19.2 Å². The number of carbonyl (C=O) groups is 1. The Morgan fingerprint density at radius 2 is 1.77 bits per heavy atom. The van der Waals surface area contributed by atoms with Crippen molar-refractivity contribution in [2.45, 2.75) is 64.5 Å². The highest BCUT2D eigenvalue weighted by Crippen LogP contribution is 2.31. The van der Waals surface area contributed by atoms with Crippen molar-refractivity contribution in [2.24, 2.45) is 17.6 Å². The van der Waals surface area contributed by atoms with E-state index < -0.39 is 17.6 Å². The minimum atomic E-state index is -0.869. The SMILES string of the molecule is COCCCOc1cc(CC(CC(N)C(O)CNC(=O)C(C)(C)c2cccc(OC)c2)C(C)C)ccc1OC. The normalized spacial score (nSPS) is 14.0. The first-order chi connectivity index (χ1) is 18.5. The Morgan fingerprint density at radius 3 is 2.41 bits per heavy atom. The molecule has 0 aliphatic heterocycles. The van der Waals surface area contributed by atoms with Crippen molar-refractivity contribution in [3.63, 3.8) is 0 Å². The van der Waals surface area contributed by atoms with Gasteiger partial charge in [0.2, 0.25) is 5.91 Å². The van der Waals surface area contributed by atoms with E-state index >= 15 is 0 Å². The quantitative estimate of drug-likeness (QED) is 0.257. The van der Waals surface area contributed by atoms with Crippen LogP contribution in [0.1, 0.15) is 51.7 Å². The third kappa shape index (κ3) is 9.71. The van der Waals surface area contributed by atoms with Gasteiger partial charge < -0.3 is 35.1 Å². The second-order valence-electron chi connectivity index (χ2n) is 10.9. The molecule has 39 heavy (non-hydrogen) atoms. The van der Waals surface area contributed by atoms with E-state index in [1.807, 2.05) is 56.3 Å². The Kier molecular flexibility index (Phi) is 13.0. The minimum absolute atomic E-state index is 0.0835. The van der Waals surface area contributed by atoms with Crippen LogP contribution in [-0.2, 0) is 21.4 Å². The molecular weight excluding hydrogens is 496 g/mol. The summed E-state index contributed by atoms with van der Waals surface area (Å²) in [6, 6.07) is 12.9. The number of nitrogens with two attached hydrogens (primary N) is 1. The van der Waals surface area contributed by atoms with Crippen LogP contribution in [0.2, 0.25) is 0 Å². The summed E-state index contributed by atoms with van der Waals surface area (Å²) in [6.07, 6.45) is 1.32. The number of nitrogens with one attached hydrogen (secondary N) is 1. The van der Waals surface area contributed by atoms with E-state index in [1.165, 1.54) is 0 Å². The molecule has 0 radical (unpaired) electrons. The van der Waals surface area contributed by atoms with Crippen molar-refractivity contribution >= 4 is 5.91 Å². The molecule has 2 rings (SSSR count). The molecule has 0 fully saturated rings. The highest BCUT2D eigenvalue weighted by molar-refractivity contribution is 5.87. The molecular formula is C31H48N2O6. The molecule has 0 aliphatic carbocycles. The van der Waals surface area contributed by atoms with Crippen LogP contribution in [0.15, 0.2) is 42.5 Å². The van der Waals surface area contributed by atoms with E-state index in [0.29, 0.717) is 42.8 Å². The van der Waals surface area contributed by atoms with Gasteiger partial charge in [0, 0.05) is 32.7 Å². The molecule has 8 heteroatoms. The monoisotopic (exact) mass is 544 g/mol. The molecule has 2 aromatic carbocycles. The number of amides is 1. The van der Waals surface area contributed by atoms with Crippen molar-refractivity contribution in [2.75, 3.05) is 41.1 Å². The lowest BCUT2D eigenvalue weighted by Gasteiger charge is -2.29. The fourth-order valence-electron chi connectivity index (χ4n) is 4.46. The molecule has 218 valence electrons. The average molecular weight is 545 g/mol. The molecule has 0 aromatic heterocycles. The van der Waals surface area contributed by atoms with E-state index in [-0.39, 0.29) is 18.4 Å². The zero-order valence-electron chi connectivity index (χ0n) is 24.7. The number of hydrogen-bond donors (Lipinski definition) is 3. The molecule has 0 bridgehead atoms. The highest BCUT2D eigenvalue weighted by atomic mass is 16.5. The number of methoxy groups -OCH3 is 3. The van der Waals surface area contributed by atoms with E-state index in [0.717, 1.165) is 24.0 Å². The summed E-state index contributed by atoms with van der Waals surface area (Å²) in [4.78, 5) is 13.0. The van der Waals surface area contributed by atoms with Crippen molar-refractivity contribution in [3.05, 3.63) is 53.6 Å². The summed E-state index contributed by atoms with van der Waals surface area (Å²) in [6.45, 7) is 9.28. The number of carbonyl (C=O) groups excluding carboxylic acids is 1. The topological polar surface area (TPSA) is 112 Å². The first-order valence-electron chi connectivity index (χ1n) is 13.7. The van der Waals surface area contributed by atoms with Gasteiger partial charge in [-0.25, -0.2) is 0 Å². The number of aliphatic hydroxyl groups is 1. The summed E-state index contributed by atoms with van der Waals surface area (Å²) in [5.74, 6) is 2.48. The molecule has 3 unspecified atom stereocenters. The lowest BCUT2D eigenvalue weighted by Crippen LogP contribution is -2.48. The lowest BCUT2D eigenvalue weighted by atomic mass is 9.82. The van der Waals surface area contributed by atoms with Crippen LogP contribution in [0.3, 0.4) is 0 Å². The summed E-state index contributed by atoms with van der Waals surface area (Å²) in [7, 11) is 4.90. The molecule has 8 nitrogen and oxygen atoms in total. The van der Waals surface area contributed by atoms with Crippen LogP contribution in [0.4, 0.5) is 0 Å². The molecule has 0 heterocycles. The lowest BCUT2D eigenvalue weighted by molar-refractivity contribution is -0.126. The number of hydrogen-bond acceptors (Lipinski definition) is 7. The molecule has 3 atom stereocenters. The fraction of sp³-hybridized carbons (Fsp3) is 0.581. The van der Waals surface area contributed by atoms with Gasteiger partial charge in [-0.15, -0.1) is 0 Å². The van der Waals surface area contributed by atoms with E-state index in [1.54, 1.807) is 21.3 Å². The van der Waals surface area contributed by atoms with Gasteiger partial charge in [-0.3, -0.25) is 4.79 Å². The van der Waals surface area contributed by atoms with Gasteiger partial charge >= 0.3 is 0 Å². The number of aliphatic hydroxyl groups excluding tert-OH is 1. The van der Waals surface area contributed by atoms with Crippen LogP contribution >= 0.6 is 0 Å². The zero-order valence-corrected chi connectivity index (χ0v) is 24.7. The van der Waals surface area contributed by atoms with Crippen molar-refractivity contribution < 1.29 is 28.8 Å². The zero-order chi connectivity index (χ0) is 29.0. The van der Waals surface area contributed by atoms with E-state index in [9.17, 15) is 9.90 Å². The number of rotatable bonds is 17. The summed E-state index contributed by atoms with van der Waals surface area (Å²) < 4.78 is 21.8. The number of benzene rings is 2. The van der Waals surface area contributed by atoms with Crippen LogP contribution in [0, 0.1) is 11.8 Å². The Balaban J connectivity index is 1.99. The molecule has 0 saturated carbocycles. The summed E-state index contributed by atoms with van der Waals surface area (Å²) in [5, 5.41) is 13.7. The Morgan fingerprint density at radius 1 is 1.03 bits per heavy atom. The Hall–Kier alpha value is -2.81. The van der Waals surface area contributed by atoms with Gasteiger partial charge in [-0.1, -0.05) is 32.0 Å². The molecule has 0 aliphatic rings. The average Bonchev–Trinajstić information content (AvgIpc) is 2.93. The van der Waals surface area contributed by atoms with Gasteiger partial charge in [0.25, 0.3) is 0 Å². The third-order valence-electron chi connectivity index (χ3n) is 7.32. The predicted molar refractivity (Wildman–Crippen MR) is 155 cm³/mol. The van der Waals surface area contributed by atoms with Crippen molar-refractivity contribution in [1.29, 1.82) is 0 Å². The maximum Gasteiger partial charge on any atom is 0.230 e. The van der Waals surface area contributed by atoms with Crippen LogP contribution in [0.5, 0.6) is 17.2 Å². The van der Waals surface area contributed by atoms with Crippen LogP contribution in [-0.4, -0.2) is 64.2 Å². The summed E-state index contributed by atoms with van der Waals surface area (Å²) in [5.41, 5.74) is 7.60. The first-order valence-corrected chi connectivity index (χ1v) is 13.7. The van der Waals surface area contributed by atoms with E-state index in [4.69, 9.17) is 24.7 Å². The maximum atomic E-state index is 13.0. The number of ether oxygens (including phenoxy) is 4. The first kappa shape index (κ1) is 32.4. The summed E-state index contributed by atoms with van der Waals surface area (Å²) >= 11 is 0. The van der Waals surface area contributed by atoms with Gasteiger partial charge in [0.05, 0.1) is 32.3 Å². The second-order valence-corrected chi connectivity index (χ2v) is 10.9. The largest absolute Gasteiger partial charge is 0.497 e. The van der Waals surface area contributed by atoms with Gasteiger partial charge in [-0.2, -0.15) is 0 Å². The Labute approximate surface area is 234 Å².